The van der Waals surface area contributed by atoms with Gasteiger partial charge in [-0.25, -0.2) is 9.78 Å². The zero-order valence-corrected chi connectivity index (χ0v) is 13.8. The van der Waals surface area contributed by atoms with E-state index in [4.69, 9.17) is 4.74 Å². The van der Waals surface area contributed by atoms with Gasteiger partial charge in [-0.2, -0.15) is 0 Å². The number of hydrogen-bond donors (Lipinski definition) is 1. The lowest BCUT2D eigenvalue weighted by Crippen LogP contribution is -2.65. The van der Waals surface area contributed by atoms with Gasteiger partial charge >= 0.3 is 6.09 Å². The Bertz CT molecular complexity index is 666. The third-order valence-corrected chi connectivity index (χ3v) is 4.48. The van der Waals surface area contributed by atoms with Crippen molar-refractivity contribution >= 4 is 27.6 Å². The molecule has 1 aromatic carbocycles. The Labute approximate surface area is 133 Å². The summed E-state index contributed by atoms with van der Waals surface area (Å²) in [7, 11) is 0. The van der Waals surface area contributed by atoms with E-state index in [1.165, 1.54) is 4.90 Å². The van der Waals surface area contributed by atoms with E-state index >= 15 is 0 Å². The number of likely N-dealkylation sites (tertiary alicyclic amines) is 1. The molecule has 1 fully saturated rings. The van der Waals surface area contributed by atoms with Crippen LogP contribution in [0.2, 0.25) is 0 Å². The highest BCUT2D eigenvalue weighted by Gasteiger charge is 2.45. The zero-order chi connectivity index (χ0) is 16.0. The van der Waals surface area contributed by atoms with Crippen molar-refractivity contribution in [2.75, 3.05) is 13.1 Å². The van der Waals surface area contributed by atoms with Gasteiger partial charge in [-0.3, -0.25) is 0 Å². The number of carbonyl (C=O) groups excluding carboxylic acids is 1. The molecule has 0 spiro atoms. The predicted molar refractivity (Wildman–Crippen MR) is 86.1 cm³/mol. The fraction of sp³-hybridized carbons (Fsp3) is 0.500. The van der Waals surface area contributed by atoms with Crippen molar-refractivity contribution in [1.82, 2.24) is 9.88 Å². The van der Waals surface area contributed by atoms with Crippen LogP contribution >= 0.6 is 11.3 Å². The molecule has 0 radical (unpaired) electrons. The van der Waals surface area contributed by atoms with Crippen LogP contribution in [0.1, 0.15) is 25.8 Å². The number of aromatic nitrogens is 1. The van der Waals surface area contributed by atoms with E-state index < -0.39 is 11.2 Å². The number of aliphatic hydroxyl groups is 1. The number of amides is 1. The molecule has 22 heavy (non-hydrogen) atoms. The number of para-hydroxylation sites is 1. The summed E-state index contributed by atoms with van der Waals surface area (Å²) >= 11 is 1.59. The molecule has 2 aromatic rings. The Balaban J connectivity index is 1.61. The summed E-state index contributed by atoms with van der Waals surface area (Å²) < 4.78 is 6.41. The van der Waals surface area contributed by atoms with E-state index in [2.05, 4.69) is 4.98 Å². The number of ether oxygens (including phenoxy) is 1. The first-order valence-corrected chi connectivity index (χ1v) is 8.11. The zero-order valence-electron chi connectivity index (χ0n) is 13.0. The van der Waals surface area contributed by atoms with Crippen LogP contribution in [0.5, 0.6) is 0 Å². The van der Waals surface area contributed by atoms with Crippen LogP contribution < -0.4 is 0 Å². The molecule has 6 heteroatoms. The third-order valence-electron chi connectivity index (χ3n) is 3.44. The molecule has 3 rings (SSSR count). The summed E-state index contributed by atoms with van der Waals surface area (Å²) in [6.45, 7) is 6.07. The quantitative estimate of drug-likeness (QED) is 0.924. The fourth-order valence-electron chi connectivity index (χ4n) is 2.51. The monoisotopic (exact) mass is 320 g/mol. The van der Waals surface area contributed by atoms with Gasteiger partial charge in [-0.1, -0.05) is 12.1 Å². The highest BCUT2D eigenvalue weighted by atomic mass is 32.1. The van der Waals surface area contributed by atoms with Crippen LogP contribution in [0.15, 0.2) is 24.3 Å². The van der Waals surface area contributed by atoms with Crippen molar-refractivity contribution in [2.45, 2.75) is 38.4 Å². The summed E-state index contributed by atoms with van der Waals surface area (Å²) in [6.07, 6.45) is 0.0903. The second-order valence-electron chi connectivity index (χ2n) is 6.81. The minimum absolute atomic E-state index is 0.290. The molecule has 0 bridgehead atoms. The number of hydrogen-bond acceptors (Lipinski definition) is 5. The molecule has 0 saturated carbocycles. The lowest BCUT2D eigenvalue weighted by molar-refractivity contribution is -0.0973. The van der Waals surface area contributed by atoms with Gasteiger partial charge in [-0.05, 0) is 32.9 Å². The molecule has 0 aliphatic carbocycles. The van der Waals surface area contributed by atoms with Crippen molar-refractivity contribution < 1.29 is 14.6 Å². The smallest absolute Gasteiger partial charge is 0.410 e. The number of carbonyl (C=O) groups is 1. The van der Waals surface area contributed by atoms with Crippen LogP contribution in [-0.2, 0) is 11.2 Å². The first-order valence-electron chi connectivity index (χ1n) is 7.29. The van der Waals surface area contributed by atoms with Gasteiger partial charge in [0.1, 0.15) is 11.2 Å². The van der Waals surface area contributed by atoms with Gasteiger partial charge in [0.05, 0.1) is 28.3 Å². The second kappa shape index (κ2) is 5.21. The average molecular weight is 320 g/mol. The maximum absolute atomic E-state index is 11.9. The lowest BCUT2D eigenvalue weighted by atomic mass is 9.91. The molecule has 1 amide bonds. The Morgan fingerprint density at radius 2 is 2.09 bits per heavy atom. The van der Waals surface area contributed by atoms with Crippen molar-refractivity contribution in [3.05, 3.63) is 29.3 Å². The van der Waals surface area contributed by atoms with Gasteiger partial charge in [0.15, 0.2) is 0 Å². The highest BCUT2D eigenvalue weighted by Crippen LogP contribution is 2.30. The Morgan fingerprint density at radius 1 is 1.41 bits per heavy atom. The third kappa shape index (κ3) is 3.23. The summed E-state index contributed by atoms with van der Waals surface area (Å²) in [5.41, 5.74) is -0.461. The van der Waals surface area contributed by atoms with E-state index in [0.717, 1.165) is 15.2 Å². The fourth-order valence-corrected chi connectivity index (χ4v) is 3.61. The van der Waals surface area contributed by atoms with Crippen LogP contribution in [0.4, 0.5) is 4.79 Å². The molecule has 1 aromatic heterocycles. The Morgan fingerprint density at radius 3 is 2.73 bits per heavy atom. The molecule has 0 unspecified atom stereocenters. The highest BCUT2D eigenvalue weighted by molar-refractivity contribution is 7.18. The van der Waals surface area contributed by atoms with Gasteiger partial charge in [0.25, 0.3) is 0 Å². The van der Waals surface area contributed by atoms with E-state index in [0.29, 0.717) is 6.42 Å². The lowest BCUT2D eigenvalue weighted by Gasteiger charge is -2.46. The second-order valence-corrected chi connectivity index (χ2v) is 7.93. The van der Waals surface area contributed by atoms with Crippen molar-refractivity contribution in [2.24, 2.45) is 0 Å². The van der Waals surface area contributed by atoms with E-state index in [9.17, 15) is 9.90 Å². The molecule has 5 nitrogen and oxygen atoms in total. The number of benzene rings is 1. The van der Waals surface area contributed by atoms with E-state index in [-0.39, 0.29) is 19.2 Å². The normalized spacial score (nSPS) is 17.4. The van der Waals surface area contributed by atoms with Crippen LogP contribution in [0.25, 0.3) is 10.2 Å². The first kappa shape index (κ1) is 15.2. The standard InChI is InChI=1S/C16H20N2O3S/c1-15(2,3)21-14(19)18-9-16(20,10-18)8-13-17-11-6-4-5-7-12(11)22-13/h4-7,20H,8-10H2,1-3H3. The SMILES string of the molecule is CC(C)(C)OC(=O)N1CC(O)(Cc2nc3ccccc3s2)C1. The van der Waals surface area contributed by atoms with Crippen LogP contribution in [0.3, 0.4) is 0 Å². The van der Waals surface area contributed by atoms with Gasteiger partial charge < -0.3 is 14.7 Å². The van der Waals surface area contributed by atoms with Crippen LogP contribution in [-0.4, -0.2) is 45.4 Å². The molecule has 2 heterocycles. The molecule has 118 valence electrons. The maximum atomic E-state index is 11.9. The van der Waals surface area contributed by atoms with Gasteiger partial charge in [0.2, 0.25) is 0 Å². The molecular formula is C16H20N2O3S. The largest absolute Gasteiger partial charge is 0.444 e. The number of thiazole rings is 1. The van der Waals surface area contributed by atoms with Crippen molar-refractivity contribution in [1.29, 1.82) is 0 Å². The summed E-state index contributed by atoms with van der Waals surface area (Å²) in [5.74, 6) is 0. The summed E-state index contributed by atoms with van der Waals surface area (Å²) in [6, 6.07) is 7.92. The predicted octanol–water partition coefficient (Wildman–Crippen LogP) is 2.82. The van der Waals surface area contributed by atoms with E-state index in [1.54, 1.807) is 11.3 Å². The Kier molecular flexibility index (Phi) is 3.61. The van der Waals surface area contributed by atoms with Crippen molar-refractivity contribution in [3.63, 3.8) is 0 Å². The average Bonchev–Trinajstić information content (AvgIpc) is 2.75. The Hall–Kier alpha value is -1.66. The molecule has 1 aliphatic rings. The molecule has 1 aliphatic heterocycles. The van der Waals surface area contributed by atoms with Crippen molar-refractivity contribution in [3.8, 4) is 0 Å². The molecule has 0 atom stereocenters. The van der Waals surface area contributed by atoms with Gasteiger partial charge in [0, 0.05) is 6.42 Å². The maximum Gasteiger partial charge on any atom is 0.410 e. The number of nitrogens with zero attached hydrogens (tertiary/aromatic N) is 2. The summed E-state index contributed by atoms with van der Waals surface area (Å²) in [4.78, 5) is 18.0. The van der Waals surface area contributed by atoms with E-state index in [1.807, 2.05) is 45.0 Å². The minimum atomic E-state index is -0.898. The summed E-state index contributed by atoms with van der Waals surface area (Å²) in [5, 5.41) is 11.4. The first-order chi connectivity index (χ1) is 10.2. The van der Waals surface area contributed by atoms with Crippen LogP contribution in [0, 0.1) is 0 Å². The molecule has 1 N–H and O–H groups in total. The number of β-amino-alcohol motifs (C(OH)–C–C–N with tert-alkyl or cyclic N) is 1. The molecule has 1 saturated heterocycles. The minimum Gasteiger partial charge on any atom is -0.444 e. The molecular weight excluding hydrogens is 300 g/mol. The number of rotatable bonds is 2. The number of fused-ring (bicyclic) bond motifs is 1. The van der Waals surface area contributed by atoms with Gasteiger partial charge in [-0.15, -0.1) is 11.3 Å². The topological polar surface area (TPSA) is 62.7 Å².